The van der Waals surface area contributed by atoms with Gasteiger partial charge in [-0.2, -0.15) is 0 Å². The van der Waals surface area contributed by atoms with E-state index in [1.165, 1.54) is 0 Å². The highest BCUT2D eigenvalue weighted by atomic mass is 16.1. The molecular formula is C14H20N2O. The number of nitrogens with one attached hydrogen (secondary N) is 2. The van der Waals surface area contributed by atoms with Gasteiger partial charge in [-0.15, -0.1) is 0 Å². The van der Waals surface area contributed by atoms with Crippen LogP contribution in [0.4, 0.5) is 5.69 Å². The first-order chi connectivity index (χ1) is 8.11. The third-order valence-electron chi connectivity index (χ3n) is 3.69. The molecule has 0 spiro atoms. The van der Waals surface area contributed by atoms with Crippen LogP contribution < -0.4 is 10.6 Å². The van der Waals surface area contributed by atoms with Crippen molar-refractivity contribution >= 4 is 11.6 Å². The van der Waals surface area contributed by atoms with Crippen molar-refractivity contribution in [2.45, 2.75) is 39.8 Å². The molecule has 0 radical (unpaired) electrons. The van der Waals surface area contributed by atoms with Gasteiger partial charge >= 0.3 is 0 Å². The molecule has 0 aliphatic carbocycles. The molecule has 1 aliphatic heterocycles. The van der Waals surface area contributed by atoms with E-state index in [4.69, 9.17) is 0 Å². The van der Waals surface area contributed by atoms with Crippen LogP contribution in [0.1, 0.15) is 43.1 Å². The molecule has 2 rings (SSSR count). The zero-order valence-electron chi connectivity index (χ0n) is 10.7. The number of anilines is 1. The second-order valence-corrected chi connectivity index (χ2v) is 4.87. The zero-order valence-corrected chi connectivity index (χ0v) is 10.7. The van der Waals surface area contributed by atoms with E-state index >= 15 is 0 Å². The minimum absolute atomic E-state index is 0.0415. The Morgan fingerprint density at radius 2 is 2.18 bits per heavy atom. The van der Waals surface area contributed by atoms with Crippen LogP contribution in [0.3, 0.4) is 0 Å². The van der Waals surface area contributed by atoms with E-state index in [-0.39, 0.29) is 5.91 Å². The Hall–Kier alpha value is -1.51. The molecule has 3 nitrogen and oxygen atoms in total. The number of rotatable bonds is 4. The molecule has 1 aromatic rings. The van der Waals surface area contributed by atoms with E-state index in [2.05, 4.69) is 37.5 Å². The highest BCUT2D eigenvalue weighted by molar-refractivity contribution is 5.99. The first-order valence-corrected chi connectivity index (χ1v) is 6.29. The molecule has 17 heavy (non-hydrogen) atoms. The Labute approximate surface area is 103 Å². The fourth-order valence-electron chi connectivity index (χ4n) is 2.06. The molecule has 3 heteroatoms. The van der Waals surface area contributed by atoms with Crippen molar-refractivity contribution in [3.63, 3.8) is 0 Å². The van der Waals surface area contributed by atoms with Crippen LogP contribution >= 0.6 is 0 Å². The normalized spacial score (nSPS) is 17.2. The van der Waals surface area contributed by atoms with E-state index in [0.29, 0.717) is 18.5 Å². The largest absolute Gasteiger partial charge is 0.382 e. The van der Waals surface area contributed by atoms with Gasteiger partial charge in [0.05, 0.1) is 0 Å². The number of hydrogen-bond acceptors (Lipinski definition) is 2. The van der Waals surface area contributed by atoms with E-state index < -0.39 is 0 Å². The maximum atomic E-state index is 11.6. The lowest BCUT2D eigenvalue weighted by molar-refractivity contribution is 0.0966. The molecule has 92 valence electrons. The molecule has 2 atom stereocenters. The third kappa shape index (κ3) is 2.43. The van der Waals surface area contributed by atoms with Crippen molar-refractivity contribution in [1.29, 1.82) is 0 Å². The highest BCUT2D eigenvalue weighted by Gasteiger charge is 2.19. The summed E-state index contributed by atoms with van der Waals surface area (Å²) in [7, 11) is 0. The molecule has 0 saturated heterocycles. The Morgan fingerprint density at radius 3 is 2.88 bits per heavy atom. The van der Waals surface area contributed by atoms with E-state index in [1.54, 1.807) is 0 Å². The summed E-state index contributed by atoms with van der Waals surface area (Å²) in [5.41, 5.74) is 2.94. The lowest BCUT2D eigenvalue weighted by atomic mass is 10.0. The molecule has 1 heterocycles. The number of carbonyl (C=O) groups excluding carboxylic acids is 1. The summed E-state index contributed by atoms with van der Waals surface area (Å²) < 4.78 is 0. The van der Waals surface area contributed by atoms with Crippen LogP contribution in [-0.4, -0.2) is 11.9 Å². The average Bonchev–Trinajstić information content (AvgIpc) is 2.70. The van der Waals surface area contributed by atoms with Crippen molar-refractivity contribution in [3.05, 3.63) is 29.3 Å². The van der Waals surface area contributed by atoms with Gasteiger partial charge in [0.1, 0.15) is 0 Å². The standard InChI is InChI=1S/C14H20N2O/c1-4-9(2)10(3)16-12-6-5-11-8-15-14(17)13(11)7-12/h5-7,9-10,16H,4,8H2,1-3H3,(H,15,17). The van der Waals surface area contributed by atoms with Gasteiger partial charge < -0.3 is 10.6 Å². The summed E-state index contributed by atoms with van der Waals surface area (Å²) >= 11 is 0. The van der Waals surface area contributed by atoms with Gasteiger partial charge in [0, 0.05) is 23.8 Å². The molecule has 0 aromatic heterocycles. The first kappa shape index (κ1) is 12.0. The Balaban J connectivity index is 2.13. The van der Waals surface area contributed by atoms with E-state index in [0.717, 1.165) is 23.2 Å². The summed E-state index contributed by atoms with van der Waals surface area (Å²) in [5.74, 6) is 0.664. The van der Waals surface area contributed by atoms with Gasteiger partial charge in [0.25, 0.3) is 5.91 Å². The second-order valence-electron chi connectivity index (χ2n) is 4.87. The molecule has 0 bridgehead atoms. The van der Waals surface area contributed by atoms with Crippen molar-refractivity contribution in [2.75, 3.05) is 5.32 Å². The second kappa shape index (κ2) is 4.78. The predicted octanol–water partition coefficient (Wildman–Crippen LogP) is 2.78. The Morgan fingerprint density at radius 1 is 1.41 bits per heavy atom. The topological polar surface area (TPSA) is 41.1 Å². The number of amides is 1. The van der Waals surface area contributed by atoms with E-state index in [1.807, 2.05) is 12.1 Å². The summed E-state index contributed by atoms with van der Waals surface area (Å²) in [4.78, 5) is 11.6. The molecule has 1 aliphatic rings. The number of fused-ring (bicyclic) bond motifs is 1. The maximum Gasteiger partial charge on any atom is 0.251 e. The number of benzene rings is 1. The molecule has 2 unspecified atom stereocenters. The Bertz CT molecular complexity index is 428. The van der Waals surface area contributed by atoms with Crippen LogP contribution in [0.15, 0.2) is 18.2 Å². The summed E-state index contributed by atoms with van der Waals surface area (Å²) in [6.07, 6.45) is 1.15. The minimum Gasteiger partial charge on any atom is -0.382 e. The van der Waals surface area contributed by atoms with Gasteiger partial charge in [-0.25, -0.2) is 0 Å². The molecular weight excluding hydrogens is 212 g/mol. The summed E-state index contributed by atoms with van der Waals surface area (Å²) in [6.45, 7) is 7.27. The lowest BCUT2D eigenvalue weighted by Gasteiger charge is -2.21. The summed E-state index contributed by atoms with van der Waals surface area (Å²) in [5, 5.41) is 6.30. The van der Waals surface area contributed by atoms with Crippen LogP contribution in [0, 0.1) is 5.92 Å². The number of hydrogen-bond donors (Lipinski definition) is 2. The highest BCUT2D eigenvalue weighted by Crippen LogP contribution is 2.22. The monoisotopic (exact) mass is 232 g/mol. The molecule has 1 aromatic carbocycles. The number of carbonyl (C=O) groups is 1. The van der Waals surface area contributed by atoms with Gasteiger partial charge in [-0.1, -0.05) is 26.3 Å². The molecule has 0 fully saturated rings. The summed E-state index contributed by atoms with van der Waals surface area (Å²) in [6, 6.07) is 6.45. The lowest BCUT2D eigenvalue weighted by Crippen LogP contribution is -2.23. The zero-order chi connectivity index (χ0) is 12.4. The minimum atomic E-state index is 0.0415. The van der Waals surface area contributed by atoms with Crippen molar-refractivity contribution < 1.29 is 4.79 Å². The fourth-order valence-corrected chi connectivity index (χ4v) is 2.06. The van der Waals surface area contributed by atoms with Crippen LogP contribution in [0.5, 0.6) is 0 Å². The fraction of sp³-hybridized carbons (Fsp3) is 0.500. The molecule has 2 N–H and O–H groups in total. The van der Waals surface area contributed by atoms with Crippen molar-refractivity contribution in [3.8, 4) is 0 Å². The molecule has 0 saturated carbocycles. The predicted molar refractivity (Wildman–Crippen MR) is 70.2 cm³/mol. The van der Waals surface area contributed by atoms with Crippen LogP contribution in [-0.2, 0) is 6.54 Å². The smallest absolute Gasteiger partial charge is 0.251 e. The van der Waals surface area contributed by atoms with Gasteiger partial charge in [0.15, 0.2) is 0 Å². The van der Waals surface area contributed by atoms with Gasteiger partial charge in [-0.05, 0) is 30.5 Å². The molecule has 1 amide bonds. The van der Waals surface area contributed by atoms with Crippen LogP contribution in [0.2, 0.25) is 0 Å². The third-order valence-corrected chi connectivity index (χ3v) is 3.69. The SMILES string of the molecule is CCC(C)C(C)Nc1ccc2c(c1)C(=O)NC2. The quantitative estimate of drug-likeness (QED) is 0.838. The maximum absolute atomic E-state index is 11.6. The van der Waals surface area contributed by atoms with Crippen molar-refractivity contribution in [1.82, 2.24) is 5.32 Å². The average molecular weight is 232 g/mol. The Kier molecular flexibility index (Phi) is 3.36. The van der Waals surface area contributed by atoms with E-state index in [9.17, 15) is 4.79 Å². The first-order valence-electron chi connectivity index (χ1n) is 6.29. The van der Waals surface area contributed by atoms with Crippen LogP contribution in [0.25, 0.3) is 0 Å². The van der Waals surface area contributed by atoms with Gasteiger partial charge in [-0.3, -0.25) is 4.79 Å². The van der Waals surface area contributed by atoms with Crippen molar-refractivity contribution in [2.24, 2.45) is 5.92 Å². The van der Waals surface area contributed by atoms with Gasteiger partial charge in [0.2, 0.25) is 0 Å².